The van der Waals surface area contributed by atoms with Crippen molar-refractivity contribution >= 4 is 6.08 Å². The first-order valence-electron chi connectivity index (χ1n) is 2.95. The maximum absolute atomic E-state index is 5.33. The van der Waals surface area contributed by atoms with E-state index in [1.807, 2.05) is 31.2 Å². The third-order valence-corrected chi connectivity index (χ3v) is 1.37. The Balaban J connectivity index is 0.000000810. The normalized spacial score (nSPS) is 8.10. The summed E-state index contributed by atoms with van der Waals surface area (Å²) in [5, 5.41) is 0. The van der Waals surface area contributed by atoms with Crippen LogP contribution in [0.2, 0.25) is 0 Å². The summed E-state index contributed by atoms with van der Waals surface area (Å²) in [6.45, 7) is 7.37. The molecule has 46 valence electrons. The first kappa shape index (κ1) is 9.96. The Morgan fingerprint density at radius 3 is 2.30 bits per heavy atom. The Morgan fingerprint density at radius 2 is 1.90 bits per heavy atom. The number of rotatable bonds is 1. The van der Waals surface area contributed by atoms with Crippen LogP contribution in [-0.4, -0.2) is 0 Å². The first-order valence-corrected chi connectivity index (χ1v) is 2.95. The van der Waals surface area contributed by atoms with Crippen LogP contribution < -0.4 is 29.6 Å². The zero-order valence-electron chi connectivity index (χ0n) is 6.46. The van der Waals surface area contributed by atoms with Crippen molar-refractivity contribution in [2.45, 2.75) is 6.92 Å². The standard InChI is InChI=1S/C9H9.Na/c1-3-9-7-5-4-6-8(9)2;/h1,3-7H,2H3;/q-1;+1. The molecule has 0 N–H and O–H groups in total. The van der Waals surface area contributed by atoms with Crippen molar-refractivity contribution in [2.75, 3.05) is 0 Å². The number of hydrogen-bond acceptors (Lipinski definition) is 0. The summed E-state index contributed by atoms with van der Waals surface area (Å²) in [5.41, 5.74) is 2.33. The molecule has 1 rings (SSSR count). The molecule has 0 heterocycles. The molecular weight excluding hydrogens is 131 g/mol. The fraction of sp³-hybridized carbons (Fsp3) is 0.111. The molecule has 0 atom stereocenters. The molecule has 0 radical (unpaired) electrons. The van der Waals surface area contributed by atoms with Crippen LogP contribution in [0.15, 0.2) is 24.3 Å². The smallest absolute Gasteiger partial charge is 0.292 e. The fourth-order valence-corrected chi connectivity index (χ4v) is 0.774. The molecular formula is C9H9Na. The Hall–Kier alpha value is -0.0400. The van der Waals surface area contributed by atoms with Crippen LogP contribution in [0, 0.1) is 13.5 Å². The summed E-state index contributed by atoms with van der Waals surface area (Å²) in [4.78, 5) is 0. The van der Waals surface area contributed by atoms with Crippen molar-refractivity contribution in [3.63, 3.8) is 0 Å². The van der Waals surface area contributed by atoms with E-state index in [0.717, 1.165) is 5.56 Å². The van der Waals surface area contributed by atoms with Crippen molar-refractivity contribution in [2.24, 2.45) is 0 Å². The molecule has 0 spiro atoms. The summed E-state index contributed by atoms with van der Waals surface area (Å²) < 4.78 is 0. The quantitative estimate of drug-likeness (QED) is 0.362. The summed E-state index contributed by atoms with van der Waals surface area (Å²) in [6.07, 6.45) is 1.62. The molecule has 0 bridgehead atoms. The van der Waals surface area contributed by atoms with Crippen LogP contribution in [0.25, 0.3) is 6.08 Å². The van der Waals surface area contributed by atoms with Crippen LogP contribution in [0.5, 0.6) is 0 Å². The molecule has 1 aromatic carbocycles. The third-order valence-electron chi connectivity index (χ3n) is 1.37. The third kappa shape index (κ3) is 2.30. The zero-order chi connectivity index (χ0) is 6.69. The van der Waals surface area contributed by atoms with Gasteiger partial charge in [-0.1, -0.05) is 25.1 Å². The molecule has 1 heteroatoms. The van der Waals surface area contributed by atoms with E-state index in [1.54, 1.807) is 6.08 Å². The van der Waals surface area contributed by atoms with E-state index < -0.39 is 0 Å². The van der Waals surface area contributed by atoms with E-state index in [1.165, 1.54) is 5.56 Å². The van der Waals surface area contributed by atoms with Gasteiger partial charge in [0.05, 0.1) is 0 Å². The molecule has 0 aliphatic heterocycles. The number of aryl methyl sites for hydroxylation is 1. The zero-order valence-corrected chi connectivity index (χ0v) is 8.46. The van der Waals surface area contributed by atoms with Gasteiger partial charge in [-0.2, -0.15) is 5.56 Å². The second kappa shape index (κ2) is 4.73. The molecule has 0 aliphatic rings. The summed E-state index contributed by atoms with van der Waals surface area (Å²) in [5.74, 6) is 0. The minimum atomic E-state index is 0. The molecule has 0 unspecified atom stereocenters. The Kier molecular flexibility index (Phi) is 4.71. The Bertz CT molecular complexity index is 216. The largest absolute Gasteiger partial charge is 1.00 e. The second-order valence-electron chi connectivity index (χ2n) is 2.02. The molecule has 0 amide bonds. The minimum absolute atomic E-state index is 0. The van der Waals surface area contributed by atoms with Crippen LogP contribution in [0.4, 0.5) is 0 Å². The van der Waals surface area contributed by atoms with E-state index in [-0.39, 0.29) is 29.6 Å². The molecule has 0 aromatic heterocycles. The predicted molar refractivity (Wildman–Crippen MR) is 39.9 cm³/mol. The van der Waals surface area contributed by atoms with Crippen LogP contribution >= 0.6 is 0 Å². The summed E-state index contributed by atoms with van der Waals surface area (Å²) in [7, 11) is 0. The van der Waals surface area contributed by atoms with Gasteiger partial charge in [-0.25, -0.2) is 6.08 Å². The molecule has 10 heavy (non-hydrogen) atoms. The summed E-state index contributed by atoms with van der Waals surface area (Å²) in [6, 6.07) is 8.02. The van der Waals surface area contributed by atoms with Crippen molar-refractivity contribution in [1.82, 2.24) is 0 Å². The number of hydrogen-bond donors (Lipinski definition) is 0. The van der Waals surface area contributed by atoms with E-state index in [2.05, 4.69) is 0 Å². The summed E-state index contributed by atoms with van der Waals surface area (Å²) >= 11 is 0. The average Bonchev–Trinajstić information content (AvgIpc) is 1.89. The predicted octanol–water partition coefficient (Wildman–Crippen LogP) is -0.555. The van der Waals surface area contributed by atoms with Crippen molar-refractivity contribution in [3.8, 4) is 0 Å². The van der Waals surface area contributed by atoms with Gasteiger partial charge >= 0.3 is 29.6 Å². The van der Waals surface area contributed by atoms with Gasteiger partial charge in [0.2, 0.25) is 0 Å². The van der Waals surface area contributed by atoms with Gasteiger partial charge in [-0.05, 0) is 0 Å². The van der Waals surface area contributed by atoms with Gasteiger partial charge in [0, 0.05) is 0 Å². The van der Waals surface area contributed by atoms with Gasteiger partial charge < -0.3 is 0 Å². The maximum atomic E-state index is 5.33. The van der Waals surface area contributed by atoms with Gasteiger partial charge in [-0.3, -0.25) is 6.58 Å². The monoisotopic (exact) mass is 140 g/mol. The second-order valence-corrected chi connectivity index (χ2v) is 2.02. The molecule has 0 saturated carbocycles. The van der Waals surface area contributed by atoms with E-state index in [4.69, 9.17) is 6.58 Å². The van der Waals surface area contributed by atoms with Crippen molar-refractivity contribution < 1.29 is 29.6 Å². The maximum Gasteiger partial charge on any atom is 1.00 e. The molecule has 0 nitrogen and oxygen atoms in total. The van der Waals surface area contributed by atoms with E-state index in [9.17, 15) is 0 Å². The topological polar surface area (TPSA) is 0 Å². The molecule has 0 saturated heterocycles. The average molecular weight is 140 g/mol. The van der Waals surface area contributed by atoms with Gasteiger partial charge in [0.15, 0.2) is 0 Å². The molecule has 0 aliphatic carbocycles. The van der Waals surface area contributed by atoms with Gasteiger partial charge in [0.1, 0.15) is 0 Å². The minimum Gasteiger partial charge on any atom is -0.292 e. The Labute approximate surface area is 84.3 Å². The van der Waals surface area contributed by atoms with Crippen LogP contribution in [0.1, 0.15) is 11.1 Å². The Morgan fingerprint density at radius 1 is 1.30 bits per heavy atom. The molecule has 1 aromatic rings. The van der Waals surface area contributed by atoms with E-state index in [0.29, 0.717) is 0 Å². The van der Waals surface area contributed by atoms with Gasteiger partial charge in [-0.15, -0.1) is 11.6 Å². The van der Waals surface area contributed by atoms with E-state index >= 15 is 0 Å². The fourth-order valence-electron chi connectivity index (χ4n) is 0.774. The molecule has 0 fully saturated rings. The SMILES string of the molecule is [CH-]=Cc1ccccc1C.[Na+]. The van der Waals surface area contributed by atoms with Crippen molar-refractivity contribution in [3.05, 3.63) is 42.0 Å². The van der Waals surface area contributed by atoms with Crippen LogP contribution in [-0.2, 0) is 0 Å². The van der Waals surface area contributed by atoms with Crippen LogP contribution in [0.3, 0.4) is 0 Å². The van der Waals surface area contributed by atoms with Crippen molar-refractivity contribution in [1.29, 1.82) is 0 Å². The first-order chi connectivity index (χ1) is 4.34. The number of benzene rings is 1. The van der Waals surface area contributed by atoms with Gasteiger partial charge in [0.25, 0.3) is 0 Å².